The minimum absolute atomic E-state index is 0.236. The fourth-order valence-corrected chi connectivity index (χ4v) is 2.13. The highest BCUT2D eigenvalue weighted by atomic mass is 16.1. The van der Waals surface area contributed by atoms with E-state index >= 15 is 0 Å². The number of hydrogen-bond acceptors (Lipinski definition) is 2. The molecule has 0 N–H and O–H groups in total. The summed E-state index contributed by atoms with van der Waals surface area (Å²) in [4.78, 5) is 14.0. The van der Waals surface area contributed by atoms with Crippen molar-refractivity contribution < 1.29 is 4.79 Å². The Morgan fingerprint density at radius 1 is 1.54 bits per heavy atom. The highest BCUT2D eigenvalue weighted by Gasteiger charge is 2.31. The molecule has 0 aromatic carbocycles. The lowest BCUT2D eigenvalue weighted by molar-refractivity contribution is -0.123. The monoisotopic (exact) mass is 183 g/mol. The van der Waals surface area contributed by atoms with Crippen molar-refractivity contribution in [3.05, 3.63) is 0 Å². The highest BCUT2D eigenvalue weighted by Crippen LogP contribution is 2.22. The van der Waals surface area contributed by atoms with Crippen molar-refractivity contribution in [3.8, 4) is 0 Å². The van der Waals surface area contributed by atoms with E-state index in [4.69, 9.17) is 0 Å². The van der Waals surface area contributed by atoms with Gasteiger partial charge in [-0.25, -0.2) is 0 Å². The molecule has 0 spiro atoms. The smallest absolute Gasteiger partial charge is 0.149 e. The summed E-state index contributed by atoms with van der Waals surface area (Å²) in [5, 5.41) is 0. The average Bonchev–Trinajstić information content (AvgIpc) is 2.63. The van der Waals surface area contributed by atoms with Crippen LogP contribution in [-0.4, -0.2) is 29.3 Å². The van der Waals surface area contributed by atoms with Crippen molar-refractivity contribution in [2.24, 2.45) is 0 Å². The van der Waals surface area contributed by atoms with E-state index in [1.165, 1.54) is 6.42 Å². The van der Waals surface area contributed by atoms with Gasteiger partial charge in [0.05, 0.1) is 6.04 Å². The van der Waals surface area contributed by atoms with E-state index in [2.05, 4.69) is 18.7 Å². The van der Waals surface area contributed by atoms with Crippen LogP contribution in [0.2, 0.25) is 0 Å². The summed E-state index contributed by atoms with van der Waals surface area (Å²) in [7, 11) is 0. The molecule has 1 rings (SSSR count). The largest absolute Gasteiger partial charge is 0.298 e. The zero-order valence-electron chi connectivity index (χ0n) is 9.05. The summed E-state index contributed by atoms with van der Waals surface area (Å²) >= 11 is 0. The fourth-order valence-electron chi connectivity index (χ4n) is 2.13. The number of Topliss-reactive ketones (excluding diaryl/α,β-unsaturated/α-hetero) is 1. The van der Waals surface area contributed by atoms with Gasteiger partial charge in [-0.15, -0.1) is 0 Å². The van der Waals surface area contributed by atoms with Gasteiger partial charge in [-0.2, -0.15) is 0 Å². The number of hydrogen-bond donors (Lipinski definition) is 0. The topological polar surface area (TPSA) is 20.3 Å². The van der Waals surface area contributed by atoms with Crippen LogP contribution in [0.4, 0.5) is 0 Å². The Hall–Kier alpha value is -0.370. The van der Waals surface area contributed by atoms with Gasteiger partial charge in [0.1, 0.15) is 5.78 Å². The molecule has 0 amide bonds. The molecule has 1 heterocycles. The molecule has 1 aliphatic rings. The van der Waals surface area contributed by atoms with Crippen LogP contribution in [0.15, 0.2) is 0 Å². The molecule has 1 fully saturated rings. The van der Waals surface area contributed by atoms with Crippen LogP contribution in [-0.2, 0) is 4.79 Å². The van der Waals surface area contributed by atoms with Gasteiger partial charge in [-0.3, -0.25) is 9.69 Å². The molecule has 1 saturated heterocycles. The van der Waals surface area contributed by atoms with Crippen LogP contribution < -0.4 is 0 Å². The lowest BCUT2D eigenvalue weighted by Crippen LogP contribution is -2.41. The van der Waals surface area contributed by atoms with Crippen LogP contribution in [0.3, 0.4) is 0 Å². The first-order valence-corrected chi connectivity index (χ1v) is 5.49. The molecule has 0 aliphatic carbocycles. The second-order valence-electron chi connectivity index (χ2n) is 3.97. The van der Waals surface area contributed by atoms with E-state index < -0.39 is 0 Å². The SMILES string of the molecule is CCC(=O)C1CCCN1C(C)CC. The summed E-state index contributed by atoms with van der Waals surface area (Å²) in [6.45, 7) is 7.50. The van der Waals surface area contributed by atoms with Gasteiger partial charge in [0, 0.05) is 12.5 Å². The maximum absolute atomic E-state index is 11.6. The molecule has 13 heavy (non-hydrogen) atoms. The molecule has 0 aromatic rings. The summed E-state index contributed by atoms with van der Waals surface area (Å²) in [6.07, 6.45) is 4.11. The number of ketones is 1. The van der Waals surface area contributed by atoms with Crippen molar-refractivity contribution >= 4 is 5.78 Å². The number of likely N-dealkylation sites (tertiary alicyclic amines) is 1. The van der Waals surface area contributed by atoms with Gasteiger partial charge < -0.3 is 0 Å². The lowest BCUT2D eigenvalue weighted by atomic mass is 10.1. The van der Waals surface area contributed by atoms with E-state index in [-0.39, 0.29) is 6.04 Å². The van der Waals surface area contributed by atoms with E-state index in [0.717, 1.165) is 19.4 Å². The third kappa shape index (κ3) is 2.31. The molecule has 0 bridgehead atoms. The van der Waals surface area contributed by atoms with Gasteiger partial charge in [0.25, 0.3) is 0 Å². The van der Waals surface area contributed by atoms with Crippen molar-refractivity contribution in [1.82, 2.24) is 4.90 Å². The van der Waals surface area contributed by atoms with Crippen LogP contribution in [0.25, 0.3) is 0 Å². The first kappa shape index (κ1) is 10.7. The highest BCUT2D eigenvalue weighted by molar-refractivity contribution is 5.84. The molecule has 2 nitrogen and oxygen atoms in total. The molecule has 1 aliphatic heterocycles. The van der Waals surface area contributed by atoms with Crippen molar-refractivity contribution in [2.45, 2.75) is 58.5 Å². The second-order valence-corrected chi connectivity index (χ2v) is 3.97. The predicted octanol–water partition coefficient (Wildman–Crippen LogP) is 2.23. The summed E-state index contributed by atoms with van der Waals surface area (Å²) in [5.74, 6) is 0.429. The normalized spacial score (nSPS) is 26.2. The molecular weight excluding hydrogens is 162 g/mol. The van der Waals surface area contributed by atoms with Crippen molar-refractivity contribution in [1.29, 1.82) is 0 Å². The fraction of sp³-hybridized carbons (Fsp3) is 0.909. The minimum Gasteiger partial charge on any atom is -0.298 e. The van der Waals surface area contributed by atoms with E-state index in [9.17, 15) is 4.79 Å². The molecular formula is C11H21NO. The van der Waals surface area contributed by atoms with Crippen LogP contribution >= 0.6 is 0 Å². The first-order chi connectivity index (χ1) is 6.20. The standard InChI is InChI=1S/C11H21NO/c1-4-9(3)12-8-6-7-10(12)11(13)5-2/h9-10H,4-8H2,1-3H3. The van der Waals surface area contributed by atoms with Crippen LogP contribution in [0.1, 0.15) is 46.5 Å². The summed E-state index contributed by atoms with van der Waals surface area (Å²) in [6, 6.07) is 0.808. The van der Waals surface area contributed by atoms with Gasteiger partial charge in [-0.1, -0.05) is 13.8 Å². The van der Waals surface area contributed by atoms with Gasteiger partial charge in [0.2, 0.25) is 0 Å². The predicted molar refractivity (Wildman–Crippen MR) is 54.8 cm³/mol. The Morgan fingerprint density at radius 3 is 2.77 bits per heavy atom. The van der Waals surface area contributed by atoms with Crippen molar-refractivity contribution in [3.63, 3.8) is 0 Å². The quantitative estimate of drug-likeness (QED) is 0.666. The maximum Gasteiger partial charge on any atom is 0.149 e. The Bertz CT molecular complexity index is 179. The Labute approximate surface area is 81.3 Å². The lowest BCUT2D eigenvalue weighted by Gasteiger charge is -2.28. The third-order valence-corrected chi connectivity index (χ3v) is 3.17. The molecule has 2 unspecified atom stereocenters. The van der Waals surface area contributed by atoms with Gasteiger partial charge in [0.15, 0.2) is 0 Å². The molecule has 2 heteroatoms. The maximum atomic E-state index is 11.6. The average molecular weight is 183 g/mol. The van der Waals surface area contributed by atoms with Crippen molar-refractivity contribution in [2.75, 3.05) is 6.54 Å². The zero-order valence-corrected chi connectivity index (χ0v) is 9.05. The van der Waals surface area contributed by atoms with E-state index in [1.54, 1.807) is 0 Å². The summed E-state index contributed by atoms with van der Waals surface area (Å²) < 4.78 is 0. The molecule has 0 aromatic heterocycles. The first-order valence-electron chi connectivity index (χ1n) is 5.49. The Morgan fingerprint density at radius 2 is 2.23 bits per heavy atom. The Balaban J connectivity index is 2.58. The molecule has 0 saturated carbocycles. The zero-order chi connectivity index (χ0) is 9.84. The second kappa shape index (κ2) is 4.75. The number of carbonyl (C=O) groups is 1. The number of carbonyl (C=O) groups excluding carboxylic acids is 1. The molecule has 0 radical (unpaired) electrons. The van der Waals surface area contributed by atoms with Crippen LogP contribution in [0.5, 0.6) is 0 Å². The minimum atomic E-state index is 0.236. The number of rotatable bonds is 4. The van der Waals surface area contributed by atoms with Gasteiger partial charge in [-0.05, 0) is 32.7 Å². The van der Waals surface area contributed by atoms with Gasteiger partial charge >= 0.3 is 0 Å². The molecule has 76 valence electrons. The van der Waals surface area contributed by atoms with E-state index in [0.29, 0.717) is 18.2 Å². The Kier molecular flexibility index (Phi) is 3.91. The molecule has 2 atom stereocenters. The third-order valence-electron chi connectivity index (χ3n) is 3.17. The van der Waals surface area contributed by atoms with Crippen LogP contribution in [0, 0.1) is 0 Å². The number of nitrogens with zero attached hydrogens (tertiary/aromatic N) is 1. The summed E-state index contributed by atoms with van der Waals surface area (Å²) in [5.41, 5.74) is 0. The van der Waals surface area contributed by atoms with E-state index in [1.807, 2.05) is 6.92 Å².